The molecular weight excluding hydrogens is 558 g/mol. The van der Waals surface area contributed by atoms with E-state index in [4.69, 9.17) is 14.5 Å². The number of unbranched alkanes of at least 4 members (excludes halogenated alkanes) is 1. The molecule has 1 heterocycles. The van der Waals surface area contributed by atoms with E-state index >= 15 is 0 Å². The third kappa shape index (κ3) is 8.83. The Morgan fingerprint density at radius 2 is 1.53 bits per heavy atom. The highest BCUT2D eigenvalue weighted by Crippen LogP contribution is 2.35. The van der Waals surface area contributed by atoms with Gasteiger partial charge in [0.25, 0.3) is 0 Å². The maximum atomic E-state index is 13.2. The van der Waals surface area contributed by atoms with Gasteiger partial charge in [0.1, 0.15) is 29.7 Å². The highest BCUT2D eigenvalue weighted by Gasteiger charge is 2.31. The fraction of sp³-hybridized carbons (Fsp3) is 0.382. The standard InChI is InChI=1S/C34H39F4N3O2/c1-4-7-9-33-39-32(26-10-14-29(15-11-26)42-19-8-18-40(5-2)6-3)24-41(33)28-12-16-30(17-13-28)43-31-21-25(23-35)20-27(22-31)34(36,37)38/h10-17,20-22,24H,4-9,18-19,23H2,1-3H3. The molecule has 0 aliphatic carbocycles. The number of alkyl halides is 4. The lowest BCUT2D eigenvalue weighted by Gasteiger charge is -2.17. The highest BCUT2D eigenvalue weighted by atomic mass is 19.4. The van der Waals surface area contributed by atoms with Crippen LogP contribution < -0.4 is 9.47 Å². The summed E-state index contributed by atoms with van der Waals surface area (Å²) in [5.74, 6) is 2.01. The van der Waals surface area contributed by atoms with Crippen LogP contribution in [0.3, 0.4) is 0 Å². The van der Waals surface area contributed by atoms with Gasteiger partial charge >= 0.3 is 6.18 Å². The van der Waals surface area contributed by atoms with Gasteiger partial charge in [-0.05, 0) is 98.2 Å². The molecule has 4 rings (SSSR count). The summed E-state index contributed by atoms with van der Waals surface area (Å²) in [6.45, 7) is 9.20. The number of rotatable bonds is 15. The summed E-state index contributed by atoms with van der Waals surface area (Å²) in [5, 5.41) is 0. The lowest BCUT2D eigenvalue weighted by molar-refractivity contribution is -0.137. The number of halogens is 4. The largest absolute Gasteiger partial charge is 0.494 e. The number of hydrogen-bond acceptors (Lipinski definition) is 4. The zero-order valence-electron chi connectivity index (χ0n) is 25.0. The molecule has 0 fully saturated rings. The van der Waals surface area contributed by atoms with Gasteiger partial charge in [0.05, 0.1) is 17.9 Å². The molecule has 0 aliphatic heterocycles. The summed E-state index contributed by atoms with van der Waals surface area (Å²) >= 11 is 0. The Kier molecular flexibility index (Phi) is 11.2. The molecule has 43 heavy (non-hydrogen) atoms. The Bertz CT molecular complexity index is 1430. The Morgan fingerprint density at radius 3 is 2.16 bits per heavy atom. The van der Waals surface area contributed by atoms with Crippen LogP contribution in [0.25, 0.3) is 16.9 Å². The third-order valence-corrected chi connectivity index (χ3v) is 7.26. The van der Waals surface area contributed by atoms with E-state index in [0.29, 0.717) is 12.4 Å². The average Bonchev–Trinajstić information content (AvgIpc) is 3.44. The number of imidazole rings is 1. The van der Waals surface area contributed by atoms with Gasteiger partial charge in [0, 0.05) is 30.4 Å². The topological polar surface area (TPSA) is 39.5 Å². The van der Waals surface area contributed by atoms with Crippen molar-refractivity contribution < 1.29 is 27.0 Å². The maximum Gasteiger partial charge on any atom is 0.416 e. The van der Waals surface area contributed by atoms with Crippen LogP contribution in [0.2, 0.25) is 0 Å². The monoisotopic (exact) mass is 597 g/mol. The molecule has 9 heteroatoms. The summed E-state index contributed by atoms with van der Waals surface area (Å²) in [7, 11) is 0. The summed E-state index contributed by atoms with van der Waals surface area (Å²) in [4.78, 5) is 7.30. The van der Waals surface area contributed by atoms with Crippen LogP contribution in [0.4, 0.5) is 17.6 Å². The van der Waals surface area contributed by atoms with Gasteiger partial charge in [0.2, 0.25) is 0 Å². The number of aryl methyl sites for hydroxylation is 1. The minimum Gasteiger partial charge on any atom is -0.494 e. The molecule has 230 valence electrons. The van der Waals surface area contributed by atoms with Crippen molar-refractivity contribution in [3.8, 4) is 34.2 Å². The van der Waals surface area contributed by atoms with E-state index in [1.165, 1.54) is 6.07 Å². The van der Waals surface area contributed by atoms with E-state index in [0.717, 1.165) is 86.0 Å². The number of hydrogen-bond donors (Lipinski definition) is 0. The summed E-state index contributed by atoms with van der Waals surface area (Å²) in [5.41, 5.74) is 1.61. The van der Waals surface area contributed by atoms with E-state index in [1.807, 2.05) is 47.2 Å². The van der Waals surface area contributed by atoms with E-state index in [1.54, 1.807) is 12.1 Å². The molecule has 0 radical (unpaired) electrons. The van der Waals surface area contributed by atoms with Crippen LogP contribution in [-0.4, -0.2) is 40.7 Å². The third-order valence-electron chi connectivity index (χ3n) is 7.26. The molecule has 1 aromatic heterocycles. The molecule has 0 atom stereocenters. The van der Waals surface area contributed by atoms with Gasteiger partial charge < -0.3 is 18.9 Å². The maximum absolute atomic E-state index is 13.2. The molecule has 0 aliphatic rings. The average molecular weight is 598 g/mol. The van der Waals surface area contributed by atoms with Gasteiger partial charge in [-0.25, -0.2) is 9.37 Å². The number of nitrogens with zero attached hydrogens (tertiary/aromatic N) is 3. The number of ether oxygens (including phenoxy) is 2. The van der Waals surface area contributed by atoms with Gasteiger partial charge in [-0.15, -0.1) is 0 Å². The fourth-order valence-electron chi connectivity index (χ4n) is 4.80. The van der Waals surface area contributed by atoms with Crippen molar-refractivity contribution in [1.29, 1.82) is 0 Å². The fourth-order valence-corrected chi connectivity index (χ4v) is 4.80. The minimum absolute atomic E-state index is 0.0694. The summed E-state index contributed by atoms with van der Waals surface area (Å²) in [6, 6.07) is 17.9. The molecule has 5 nitrogen and oxygen atoms in total. The lowest BCUT2D eigenvalue weighted by atomic mass is 10.1. The molecule has 0 amide bonds. The van der Waals surface area contributed by atoms with Crippen molar-refractivity contribution in [2.45, 2.75) is 59.3 Å². The van der Waals surface area contributed by atoms with E-state index in [-0.39, 0.29) is 11.3 Å². The van der Waals surface area contributed by atoms with E-state index < -0.39 is 18.4 Å². The molecule has 0 spiro atoms. The van der Waals surface area contributed by atoms with Gasteiger partial charge in [-0.1, -0.05) is 27.2 Å². The molecule has 4 aromatic rings. The van der Waals surface area contributed by atoms with E-state index in [9.17, 15) is 17.6 Å². The molecule has 3 aromatic carbocycles. The Hall–Kier alpha value is -3.85. The predicted octanol–water partition coefficient (Wildman–Crippen LogP) is 9.27. The van der Waals surface area contributed by atoms with Crippen LogP contribution in [-0.2, 0) is 19.3 Å². The van der Waals surface area contributed by atoms with Gasteiger partial charge in [0.15, 0.2) is 0 Å². The van der Waals surface area contributed by atoms with Crippen LogP contribution in [0.15, 0.2) is 72.9 Å². The quantitative estimate of drug-likeness (QED) is 0.101. The highest BCUT2D eigenvalue weighted by molar-refractivity contribution is 5.61. The first-order valence-corrected chi connectivity index (χ1v) is 14.8. The zero-order valence-corrected chi connectivity index (χ0v) is 25.0. The van der Waals surface area contributed by atoms with E-state index in [2.05, 4.69) is 25.7 Å². The van der Waals surface area contributed by atoms with Crippen LogP contribution in [0, 0.1) is 0 Å². The number of benzene rings is 3. The van der Waals surface area contributed by atoms with Crippen molar-refractivity contribution >= 4 is 0 Å². The molecule has 0 N–H and O–H groups in total. The predicted molar refractivity (Wildman–Crippen MR) is 162 cm³/mol. The van der Waals surface area contributed by atoms with Crippen LogP contribution in [0.1, 0.15) is 57.0 Å². The molecule has 0 bridgehead atoms. The normalized spacial score (nSPS) is 11.7. The second-order valence-corrected chi connectivity index (χ2v) is 10.4. The number of aromatic nitrogens is 2. The van der Waals surface area contributed by atoms with Crippen molar-refractivity contribution in [3.63, 3.8) is 0 Å². The van der Waals surface area contributed by atoms with Crippen LogP contribution in [0.5, 0.6) is 17.2 Å². The van der Waals surface area contributed by atoms with Crippen molar-refractivity contribution in [2.24, 2.45) is 0 Å². The molecule has 0 saturated heterocycles. The van der Waals surface area contributed by atoms with Crippen molar-refractivity contribution in [2.75, 3.05) is 26.2 Å². The van der Waals surface area contributed by atoms with Crippen molar-refractivity contribution in [3.05, 3.63) is 89.9 Å². The van der Waals surface area contributed by atoms with Crippen LogP contribution >= 0.6 is 0 Å². The summed E-state index contributed by atoms with van der Waals surface area (Å²) < 4.78 is 66.6. The second-order valence-electron chi connectivity index (χ2n) is 10.4. The minimum atomic E-state index is -4.60. The Balaban J connectivity index is 1.48. The Labute approximate surface area is 251 Å². The molecule has 0 saturated carbocycles. The lowest BCUT2D eigenvalue weighted by Crippen LogP contribution is -2.25. The first-order chi connectivity index (χ1) is 20.7. The smallest absolute Gasteiger partial charge is 0.416 e. The molecule has 0 unspecified atom stereocenters. The second kappa shape index (κ2) is 15.0. The summed E-state index contributed by atoms with van der Waals surface area (Å²) in [6.07, 6.45) is 1.15. The van der Waals surface area contributed by atoms with Gasteiger partial charge in [-0.2, -0.15) is 13.2 Å². The van der Waals surface area contributed by atoms with Gasteiger partial charge in [-0.3, -0.25) is 0 Å². The zero-order chi connectivity index (χ0) is 30.8. The first-order valence-electron chi connectivity index (χ1n) is 14.8. The van der Waals surface area contributed by atoms with Crippen molar-refractivity contribution in [1.82, 2.24) is 14.5 Å². The first kappa shape index (κ1) is 32.1. The Morgan fingerprint density at radius 1 is 0.837 bits per heavy atom. The molecular formula is C34H39F4N3O2. The SMILES string of the molecule is CCCCc1nc(-c2ccc(OCCCN(CC)CC)cc2)cn1-c1ccc(Oc2cc(CF)cc(C(F)(F)F)c2)cc1.